The molecular weight excluding hydrogens is 298 g/mol. The van der Waals surface area contributed by atoms with Crippen LogP contribution in [0, 0.1) is 0 Å². The molecule has 1 aromatic carbocycles. The van der Waals surface area contributed by atoms with Crippen molar-refractivity contribution in [2.75, 3.05) is 34.0 Å². The number of hydrogen-bond acceptors (Lipinski definition) is 6. The highest BCUT2D eigenvalue weighted by Crippen LogP contribution is 2.20. The molecule has 0 aliphatic heterocycles. The number of nitrogens with zero attached hydrogens (tertiary/aromatic N) is 2. The second-order valence-electron chi connectivity index (χ2n) is 4.62. The van der Waals surface area contributed by atoms with Gasteiger partial charge in [0.25, 0.3) is 0 Å². The van der Waals surface area contributed by atoms with E-state index in [4.69, 9.17) is 14.2 Å². The largest absolute Gasteiger partial charge is 0.497 e. The molecule has 0 radical (unpaired) electrons. The lowest BCUT2D eigenvalue weighted by molar-refractivity contribution is -0.124. The number of ether oxygens (including phenoxy) is 3. The summed E-state index contributed by atoms with van der Waals surface area (Å²) in [7, 11) is 3.09. The topological polar surface area (TPSA) is 82.6 Å². The van der Waals surface area contributed by atoms with E-state index in [1.165, 1.54) is 7.11 Å². The van der Waals surface area contributed by atoms with Crippen LogP contribution in [0.15, 0.2) is 36.4 Å². The molecule has 0 bridgehead atoms. The molecule has 1 amide bonds. The van der Waals surface area contributed by atoms with E-state index in [1.807, 2.05) is 30.3 Å². The van der Waals surface area contributed by atoms with E-state index in [2.05, 4.69) is 15.5 Å². The van der Waals surface area contributed by atoms with Crippen molar-refractivity contribution in [3.05, 3.63) is 36.4 Å². The van der Waals surface area contributed by atoms with Crippen molar-refractivity contribution < 1.29 is 19.0 Å². The van der Waals surface area contributed by atoms with Gasteiger partial charge >= 0.3 is 0 Å². The monoisotopic (exact) mass is 317 g/mol. The molecule has 7 heteroatoms. The van der Waals surface area contributed by atoms with Gasteiger partial charge in [0.1, 0.15) is 19.0 Å². The normalized spacial score (nSPS) is 10.2. The minimum Gasteiger partial charge on any atom is -0.497 e. The number of carbonyl (C=O) groups is 1. The summed E-state index contributed by atoms with van der Waals surface area (Å²) in [5, 5.41) is 10.8. The second kappa shape index (κ2) is 8.70. The maximum absolute atomic E-state index is 11.2. The van der Waals surface area contributed by atoms with Crippen LogP contribution in [0.5, 0.6) is 11.6 Å². The zero-order chi connectivity index (χ0) is 16.5. The molecule has 1 aromatic heterocycles. The summed E-state index contributed by atoms with van der Waals surface area (Å²) >= 11 is 0. The van der Waals surface area contributed by atoms with E-state index in [0.29, 0.717) is 19.0 Å². The van der Waals surface area contributed by atoms with Crippen LogP contribution >= 0.6 is 0 Å². The van der Waals surface area contributed by atoms with Crippen molar-refractivity contribution in [1.29, 1.82) is 0 Å². The smallest absolute Gasteiger partial charge is 0.246 e. The minimum atomic E-state index is -0.183. The lowest BCUT2D eigenvalue weighted by Gasteiger charge is -2.07. The van der Waals surface area contributed by atoms with Crippen molar-refractivity contribution in [2.24, 2.45) is 0 Å². The summed E-state index contributed by atoms with van der Waals surface area (Å²) in [4.78, 5) is 11.2. The van der Waals surface area contributed by atoms with Crippen LogP contribution in [0.2, 0.25) is 0 Å². The molecular formula is C16H19N3O4. The highest BCUT2D eigenvalue weighted by Gasteiger charge is 2.03. The summed E-state index contributed by atoms with van der Waals surface area (Å²) in [6.07, 6.45) is 0. The molecule has 0 fully saturated rings. The Labute approximate surface area is 134 Å². The number of amides is 1. The molecule has 2 rings (SSSR count). The summed E-state index contributed by atoms with van der Waals surface area (Å²) < 4.78 is 15.2. The van der Waals surface area contributed by atoms with Crippen LogP contribution in [0.25, 0.3) is 11.3 Å². The van der Waals surface area contributed by atoms with Crippen LogP contribution in [0.1, 0.15) is 0 Å². The molecule has 7 nitrogen and oxygen atoms in total. The van der Waals surface area contributed by atoms with Gasteiger partial charge in [0.2, 0.25) is 11.8 Å². The first kappa shape index (κ1) is 16.7. The Morgan fingerprint density at radius 2 is 1.87 bits per heavy atom. The van der Waals surface area contributed by atoms with Gasteiger partial charge in [0, 0.05) is 18.7 Å². The first-order chi connectivity index (χ1) is 11.2. The number of carbonyl (C=O) groups excluding carboxylic acids is 1. The van der Waals surface area contributed by atoms with E-state index in [9.17, 15) is 4.79 Å². The number of benzene rings is 1. The molecule has 0 aliphatic carbocycles. The predicted octanol–water partition coefficient (Wildman–Crippen LogP) is 1.29. The Morgan fingerprint density at radius 3 is 2.48 bits per heavy atom. The predicted molar refractivity (Wildman–Crippen MR) is 84.4 cm³/mol. The van der Waals surface area contributed by atoms with Crippen LogP contribution in [0.4, 0.5) is 0 Å². The fraction of sp³-hybridized carbons (Fsp3) is 0.312. The lowest BCUT2D eigenvalue weighted by Crippen LogP contribution is -2.31. The Kier molecular flexibility index (Phi) is 6.31. The Morgan fingerprint density at radius 1 is 1.09 bits per heavy atom. The maximum atomic E-state index is 11.2. The van der Waals surface area contributed by atoms with Gasteiger partial charge in [-0.3, -0.25) is 4.79 Å². The highest BCUT2D eigenvalue weighted by molar-refractivity contribution is 5.77. The maximum Gasteiger partial charge on any atom is 0.246 e. The second-order valence-corrected chi connectivity index (χ2v) is 4.62. The number of rotatable bonds is 8. The first-order valence-corrected chi connectivity index (χ1v) is 7.09. The van der Waals surface area contributed by atoms with Crippen molar-refractivity contribution in [3.8, 4) is 22.9 Å². The Bertz CT molecular complexity index is 614. The zero-order valence-electron chi connectivity index (χ0n) is 13.1. The van der Waals surface area contributed by atoms with Gasteiger partial charge < -0.3 is 19.5 Å². The Balaban J connectivity index is 1.83. The quantitative estimate of drug-likeness (QED) is 0.739. The van der Waals surface area contributed by atoms with Crippen molar-refractivity contribution in [3.63, 3.8) is 0 Å². The third kappa shape index (κ3) is 5.23. The van der Waals surface area contributed by atoms with Gasteiger partial charge in [-0.2, -0.15) is 0 Å². The summed E-state index contributed by atoms with van der Waals surface area (Å²) in [6, 6.07) is 11.1. The van der Waals surface area contributed by atoms with E-state index in [1.54, 1.807) is 13.2 Å². The van der Waals surface area contributed by atoms with Gasteiger partial charge in [-0.05, 0) is 30.3 Å². The number of nitrogens with one attached hydrogen (secondary N) is 1. The highest BCUT2D eigenvalue weighted by atomic mass is 16.5. The van der Waals surface area contributed by atoms with Gasteiger partial charge in [-0.1, -0.05) is 0 Å². The minimum absolute atomic E-state index is 0.0381. The Hall–Kier alpha value is -2.67. The molecule has 1 heterocycles. The van der Waals surface area contributed by atoms with Crippen LogP contribution in [-0.2, 0) is 9.53 Å². The standard InChI is InChI=1S/C16H19N3O4/c1-21-11-15(20)17-9-10-23-16-8-7-14(18-19-16)12-3-5-13(22-2)6-4-12/h3-8H,9-11H2,1-2H3,(H,17,20). The SMILES string of the molecule is COCC(=O)NCCOc1ccc(-c2ccc(OC)cc2)nn1. The summed E-state index contributed by atoms with van der Waals surface area (Å²) in [6.45, 7) is 0.729. The average Bonchev–Trinajstić information content (AvgIpc) is 2.60. The molecule has 1 N–H and O–H groups in total. The molecule has 0 aliphatic rings. The third-order valence-corrected chi connectivity index (χ3v) is 2.98. The van der Waals surface area contributed by atoms with Gasteiger partial charge in [-0.25, -0.2) is 0 Å². The van der Waals surface area contributed by atoms with E-state index in [0.717, 1.165) is 17.0 Å². The van der Waals surface area contributed by atoms with E-state index < -0.39 is 0 Å². The van der Waals surface area contributed by atoms with Crippen molar-refractivity contribution >= 4 is 5.91 Å². The van der Waals surface area contributed by atoms with Gasteiger partial charge in [-0.15, -0.1) is 10.2 Å². The molecule has 0 atom stereocenters. The van der Waals surface area contributed by atoms with Crippen molar-refractivity contribution in [2.45, 2.75) is 0 Å². The lowest BCUT2D eigenvalue weighted by atomic mass is 10.1. The van der Waals surface area contributed by atoms with Gasteiger partial charge in [0.15, 0.2) is 0 Å². The molecule has 0 saturated carbocycles. The first-order valence-electron chi connectivity index (χ1n) is 7.09. The fourth-order valence-corrected chi connectivity index (χ4v) is 1.84. The molecule has 23 heavy (non-hydrogen) atoms. The molecule has 0 unspecified atom stereocenters. The summed E-state index contributed by atoms with van der Waals surface area (Å²) in [5.74, 6) is 1.01. The zero-order valence-corrected chi connectivity index (χ0v) is 13.1. The molecule has 0 spiro atoms. The molecule has 2 aromatic rings. The van der Waals surface area contributed by atoms with Crippen LogP contribution in [-0.4, -0.2) is 50.1 Å². The number of aromatic nitrogens is 2. The van der Waals surface area contributed by atoms with Crippen LogP contribution < -0.4 is 14.8 Å². The van der Waals surface area contributed by atoms with Crippen LogP contribution in [0.3, 0.4) is 0 Å². The number of hydrogen-bond donors (Lipinski definition) is 1. The average molecular weight is 317 g/mol. The molecule has 122 valence electrons. The van der Waals surface area contributed by atoms with E-state index in [-0.39, 0.29) is 12.5 Å². The van der Waals surface area contributed by atoms with Gasteiger partial charge in [0.05, 0.1) is 19.3 Å². The third-order valence-electron chi connectivity index (χ3n) is 2.98. The van der Waals surface area contributed by atoms with E-state index >= 15 is 0 Å². The summed E-state index contributed by atoms with van der Waals surface area (Å²) in [5.41, 5.74) is 1.69. The van der Waals surface area contributed by atoms with Crippen molar-refractivity contribution in [1.82, 2.24) is 15.5 Å². The fourth-order valence-electron chi connectivity index (χ4n) is 1.84. The molecule has 0 saturated heterocycles. The number of methoxy groups -OCH3 is 2.